The Hall–Kier alpha value is -1.59. The summed E-state index contributed by atoms with van der Waals surface area (Å²) >= 11 is 5.99. The third-order valence-electron chi connectivity index (χ3n) is 2.59. The molecular weight excluding hydrogens is 244 g/mol. The number of nitrogens with zero attached hydrogens (tertiary/aromatic N) is 1. The lowest BCUT2D eigenvalue weighted by Gasteiger charge is -2.33. The molecule has 1 saturated heterocycles. The third kappa shape index (κ3) is 2.25. The molecule has 0 spiro atoms. The first-order chi connectivity index (χ1) is 8.11. The number of aliphatic carboxylic acids is 1. The largest absolute Gasteiger partial charge is 0.480 e. The smallest absolute Gasteiger partial charge is 0.328 e. The second kappa shape index (κ2) is 4.73. The van der Waals surface area contributed by atoms with Gasteiger partial charge in [0.2, 0.25) is 5.91 Å². The lowest BCUT2D eigenvalue weighted by atomic mass is 10.1. The van der Waals surface area contributed by atoms with Crippen LogP contribution in [-0.2, 0) is 9.59 Å². The molecule has 5 nitrogen and oxygen atoms in total. The maximum absolute atomic E-state index is 11.8. The van der Waals surface area contributed by atoms with Crippen LogP contribution in [0.25, 0.3) is 0 Å². The molecule has 6 heteroatoms. The van der Waals surface area contributed by atoms with E-state index in [1.807, 2.05) is 0 Å². The van der Waals surface area contributed by atoms with Crippen LogP contribution in [0.2, 0.25) is 5.02 Å². The number of piperazine rings is 1. The highest BCUT2D eigenvalue weighted by atomic mass is 35.5. The Morgan fingerprint density at radius 1 is 1.47 bits per heavy atom. The normalized spacial score (nSPS) is 20.4. The quantitative estimate of drug-likeness (QED) is 0.816. The summed E-state index contributed by atoms with van der Waals surface area (Å²) in [7, 11) is 0. The number of para-hydroxylation sites is 1. The number of carbonyl (C=O) groups excluding carboxylic acids is 1. The molecule has 1 fully saturated rings. The van der Waals surface area contributed by atoms with Crippen molar-refractivity contribution in [1.29, 1.82) is 0 Å². The number of hydrogen-bond acceptors (Lipinski definition) is 3. The van der Waals surface area contributed by atoms with Gasteiger partial charge < -0.3 is 10.4 Å². The first-order valence-electron chi connectivity index (χ1n) is 5.11. The van der Waals surface area contributed by atoms with Crippen molar-refractivity contribution in [2.24, 2.45) is 0 Å². The fraction of sp³-hybridized carbons (Fsp3) is 0.273. The Balaban J connectivity index is 2.42. The molecular formula is C11H11ClN2O3. The van der Waals surface area contributed by atoms with Crippen molar-refractivity contribution in [2.45, 2.75) is 6.04 Å². The maximum Gasteiger partial charge on any atom is 0.328 e. The SMILES string of the molecule is O=C(O)C1CNCC(=O)N1c1ccccc1Cl. The lowest BCUT2D eigenvalue weighted by Crippen LogP contribution is -2.58. The first kappa shape index (κ1) is 11.9. The van der Waals surface area contributed by atoms with Gasteiger partial charge in [0.15, 0.2) is 0 Å². The van der Waals surface area contributed by atoms with Crippen molar-refractivity contribution in [3.05, 3.63) is 29.3 Å². The van der Waals surface area contributed by atoms with Crippen LogP contribution in [0, 0.1) is 0 Å². The van der Waals surface area contributed by atoms with Crippen LogP contribution in [-0.4, -0.2) is 36.1 Å². The second-order valence-corrected chi connectivity index (χ2v) is 4.11. The van der Waals surface area contributed by atoms with Crippen molar-refractivity contribution in [3.8, 4) is 0 Å². The minimum Gasteiger partial charge on any atom is -0.480 e. The van der Waals surface area contributed by atoms with Crippen molar-refractivity contribution < 1.29 is 14.7 Å². The van der Waals surface area contributed by atoms with Gasteiger partial charge in [-0.05, 0) is 12.1 Å². The topological polar surface area (TPSA) is 69.6 Å². The third-order valence-corrected chi connectivity index (χ3v) is 2.91. The van der Waals surface area contributed by atoms with Gasteiger partial charge in [-0.15, -0.1) is 0 Å². The Labute approximate surface area is 103 Å². The summed E-state index contributed by atoms with van der Waals surface area (Å²) in [6.45, 7) is 0.335. The molecule has 17 heavy (non-hydrogen) atoms. The number of halogens is 1. The molecule has 1 aliphatic rings. The zero-order valence-electron chi connectivity index (χ0n) is 8.89. The van der Waals surface area contributed by atoms with E-state index in [2.05, 4.69) is 5.32 Å². The molecule has 1 aromatic rings. The van der Waals surface area contributed by atoms with E-state index in [0.29, 0.717) is 10.7 Å². The summed E-state index contributed by atoms with van der Waals surface area (Å²) < 4.78 is 0. The number of rotatable bonds is 2. The van der Waals surface area contributed by atoms with Crippen LogP contribution in [0.15, 0.2) is 24.3 Å². The van der Waals surface area contributed by atoms with E-state index in [-0.39, 0.29) is 19.0 Å². The number of anilines is 1. The van der Waals surface area contributed by atoms with Gasteiger partial charge in [0.25, 0.3) is 0 Å². The highest BCUT2D eigenvalue weighted by molar-refractivity contribution is 6.34. The van der Waals surface area contributed by atoms with Gasteiger partial charge in [-0.3, -0.25) is 9.69 Å². The Morgan fingerprint density at radius 3 is 2.82 bits per heavy atom. The molecule has 0 aromatic heterocycles. The fourth-order valence-corrected chi connectivity index (χ4v) is 2.04. The highest BCUT2D eigenvalue weighted by Gasteiger charge is 2.34. The molecule has 0 aliphatic carbocycles. The van der Waals surface area contributed by atoms with Gasteiger partial charge in [0.05, 0.1) is 17.3 Å². The molecule has 1 atom stereocenters. The second-order valence-electron chi connectivity index (χ2n) is 3.70. The van der Waals surface area contributed by atoms with Gasteiger partial charge >= 0.3 is 5.97 Å². The summed E-state index contributed by atoms with van der Waals surface area (Å²) in [5.41, 5.74) is 0.438. The summed E-state index contributed by atoms with van der Waals surface area (Å²) in [5, 5.41) is 12.2. The maximum atomic E-state index is 11.8. The van der Waals surface area contributed by atoms with Gasteiger partial charge in [0, 0.05) is 6.54 Å². The van der Waals surface area contributed by atoms with Crippen LogP contribution < -0.4 is 10.2 Å². The number of carbonyl (C=O) groups is 2. The lowest BCUT2D eigenvalue weighted by molar-refractivity contribution is -0.140. The van der Waals surface area contributed by atoms with Crippen LogP contribution in [0.5, 0.6) is 0 Å². The molecule has 0 bridgehead atoms. The minimum absolute atomic E-state index is 0.120. The zero-order chi connectivity index (χ0) is 12.4. The molecule has 1 amide bonds. The number of amides is 1. The van der Waals surface area contributed by atoms with Gasteiger partial charge in [-0.1, -0.05) is 23.7 Å². The number of carboxylic acids is 1. The van der Waals surface area contributed by atoms with Gasteiger partial charge in [0.1, 0.15) is 6.04 Å². The fourth-order valence-electron chi connectivity index (χ4n) is 1.81. The van der Waals surface area contributed by atoms with Crippen molar-refractivity contribution in [3.63, 3.8) is 0 Å². The van der Waals surface area contributed by atoms with E-state index < -0.39 is 12.0 Å². The highest BCUT2D eigenvalue weighted by Crippen LogP contribution is 2.27. The Morgan fingerprint density at radius 2 is 2.18 bits per heavy atom. The Bertz CT molecular complexity index is 464. The predicted molar refractivity (Wildman–Crippen MR) is 63.2 cm³/mol. The van der Waals surface area contributed by atoms with Gasteiger partial charge in [-0.2, -0.15) is 0 Å². The van der Waals surface area contributed by atoms with Crippen molar-refractivity contribution in [1.82, 2.24) is 5.32 Å². The average Bonchev–Trinajstić information content (AvgIpc) is 2.30. The van der Waals surface area contributed by atoms with E-state index in [4.69, 9.17) is 16.7 Å². The monoisotopic (exact) mass is 254 g/mol. The zero-order valence-corrected chi connectivity index (χ0v) is 9.65. The summed E-state index contributed by atoms with van der Waals surface area (Å²) in [4.78, 5) is 24.2. The Kier molecular flexibility index (Phi) is 3.31. The van der Waals surface area contributed by atoms with E-state index in [1.165, 1.54) is 4.90 Å². The van der Waals surface area contributed by atoms with Gasteiger partial charge in [-0.25, -0.2) is 4.79 Å². The standard InChI is InChI=1S/C11H11ClN2O3/c12-7-3-1-2-4-8(7)14-9(11(16)17)5-13-6-10(14)15/h1-4,9,13H,5-6H2,(H,16,17). The number of nitrogens with one attached hydrogen (secondary N) is 1. The molecule has 2 rings (SSSR count). The molecule has 0 saturated carbocycles. The van der Waals surface area contributed by atoms with E-state index in [9.17, 15) is 9.59 Å². The first-order valence-corrected chi connectivity index (χ1v) is 5.49. The van der Waals surface area contributed by atoms with E-state index in [0.717, 1.165) is 0 Å². The van der Waals surface area contributed by atoms with Crippen LogP contribution in [0.4, 0.5) is 5.69 Å². The number of benzene rings is 1. The van der Waals surface area contributed by atoms with E-state index >= 15 is 0 Å². The summed E-state index contributed by atoms with van der Waals surface area (Å²) in [6.07, 6.45) is 0. The minimum atomic E-state index is -1.05. The summed E-state index contributed by atoms with van der Waals surface area (Å²) in [5.74, 6) is -1.35. The van der Waals surface area contributed by atoms with Crippen LogP contribution in [0.3, 0.4) is 0 Å². The predicted octanol–water partition coefficient (Wildman–Crippen LogP) is 0.729. The molecule has 0 radical (unpaired) electrons. The molecule has 1 aliphatic heterocycles. The summed E-state index contributed by atoms with van der Waals surface area (Å²) in [6, 6.07) is 5.80. The average molecular weight is 255 g/mol. The van der Waals surface area contributed by atoms with Crippen molar-refractivity contribution >= 4 is 29.2 Å². The van der Waals surface area contributed by atoms with Crippen LogP contribution >= 0.6 is 11.6 Å². The van der Waals surface area contributed by atoms with Crippen molar-refractivity contribution in [2.75, 3.05) is 18.0 Å². The number of hydrogen-bond donors (Lipinski definition) is 2. The van der Waals surface area contributed by atoms with E-state index in [1.54, 1.807) is 24.3 Å². The molecule has 90 valence electrons. The molecule has 1 aromatic carbocycles. The molecule has 2 N–H and O–H groups in total. The molecule has 1 unspecified atom stereocenters. The molecule has 1 heterocycles. The number of carboxylic acid groups (broad SMARTS) is 1. The van der Waals surface area contributed by atoms with Crippen LogP contribution in [0.1, 0.15) is 0 Å².